The van der Waals surface area contributed by atoms with Crippen molar-refractivity contribution in [3.8, 4) is 22.3 Å². The summed E-state index contributed by atoms with van der Waals surface area (Å²) in [4.78, 5) is 21.7. The van der Waals surface area contributed by atoms with Crippen LogP contribution in [0.1, 0.15) is 5.69 Å². The molecule has 3 heterocycles. The number of fused-ring (bicyclic) bond motifs is 1. The van der Waals surface area contributed by atoms with Gasteiger partial charge in [-0.05, 0) is 18.6 Å². The summed E-state index contributed by atoms with van der Waals surface area (Å²) >= 11 is 0. The standard InChI is InChI=1S/C18H14N4O/c1-12-16(13-6-3-2-4-7-13)18(23)22-17(21-12)15(11-20-22)14-8-5-9-19-10-14/h2-11,20H,1H3. The number of hydrogen-bond donors (Lipinski definition) is 1. The molecule has 0 aliphatic heterocycles. The molecule has 0 fully saturated rings. The van der Waals surface area contributed by atoms with E-state index >= 15 is 0 Å². The van der Waals surface area contributed by atoms with Gasteiger partial charge in [-0.25, -0.2) is 9.50 Å². The van der Waals surface area contributed by atoms with Crippen LogP contribution in [0.2, 0.25) is 0 Å². The zero-order chi connectivity index (χ0) is 15.8. The summed E-state index contributed by atoms with van der Waals surface area (Å²) in [5, 5.41) is 3.01. The first-order valence-corrected chi connectivity index (χ1v) is 7.32. The van der Waals surface area contributed by atoms with Crippen molar-refractivity contribution < 1.29 is 0 Å². The zero-order valence-electron chi connectivity index (χ0n) is 12.5. The third-order valence-corrected chi connectivity index (χ3v) is 3.88. The van der Waals surface area contributed by atoms with Gasteiger partial charge in [0, 0.05) is 29.7 Å². The van der Waals surface area contributed by atoms with Crippen LogP contribution in [0.3, 0.4) is 0 Å². The van der Waals surface area contributed by atoms with E-state index in [9.17, 15) is 4.79 Å². The maximum atomic E-state index is 12.9. The fourth-order valence-corrected chi connectivity index (χ4v) is 2.79. The highest BCUT2D eigenvalue weighted by atomic mass is 16.1. The molecule has 3 aromatic heterocycles. The van der Waals surface area contributed by atoms with E-state index < -0.39 is 0 Å². The van der Waals surface area contributed by atoms with E-state index in [2.05, 4.69) is 15.1 Å². The van der Waals surface area contributed by atoms with Gasteiger partial charge in [-0.1, -0.05) is 36.4 Å². The SMILES string of the molecule is Cc1nc2c(-c3cccnc3)c[nH]n2c(=O)c1-c1ccccc1. The molecule has 0 aliphatic rings. The number of pyridine rings is 1. The smallest absolute Gasteiger partial charge is 0.280 e. The molecule has 5 heteroatoms. The topological polar surface area (TPSA) is 63.1 Å². The lowest BCUT2D eigenvalue weighted by Crippen LogP contribution is -2.19. The summed E-state index contributed by atoms with van der Waals surface area (Å²) in [6.07, 6.45) is 5.27. The summed E-state index contributed by atoms with van der Waals surface area (Å²) in [5.41, 5.74) is 4.49. The molecule has 0 saturated heterocycles. The maximum absolute atomic E-state index is 12.9. The number of aryl methyl sites for hydroxylation is 1. The van der Waals surface area contributed by atoms with Crippen LogP contribution in [0, 0.1) is 6.92 Å². The Morgan fingerprint density at radius 1 is 1.04 bits per heavy atom. The number of aromatic amines is 1. The molecule has 1 aromatic carbocycles. The van der Waals surface area contributed by atoms with E-state index in [1.807, 2.05) is 49.4 Å². The van der Waals surface area contributed by atoms with Gasteiger partial charge in [-0.3, -0.25) is 14.9 Å². The van der Waals surface area contributed by atoms with Gasteiger partial charge < -0.3 is 0 Å². The van der Waals surface area contributed by atoms with Crippen molar-refractivity contribution in [3.05, 3.63) is 77.1 Å². The molecule has 112 valence electrons. The highest BCUT2D eigenvalue weighted by Crippen LogP contribution is 2.24. The van der Waals surface area contributed by atoms with Gasteiger partial charge in [0.25, 0.3) is 5.56 Å². The van der Waals surface area contributed by atoms with E-state index in [1.165, 1.54) is 4.52 Å². The Balaban J connectivity index is 2.00. The van der Waals surface area contributed by atoms with Gasteiger partial charge >= 0.3 is 0 Å². The molecular formula is C18H14N4O. The molecule has 0 radical (unpaired) electrons. The quantitative estimate of drug-likeness (QED) is 0.619. The van der Waals surface area contributed by atoms with Gasteiger partial charge in [0.15, 0.2) is 5.65 Å². The lowest BCUT2D eigenvalue weighted by molar-refractivity contribution is 0.893. The molecule has 23 heavy (non-hydrogen) atoms. The van der Waals surface area contributed by atoms with Crippen molar-refractivity contribution in [3.63, 3.8) is 0 Å². The van der Waals surface area contributed by atoms with Crippen LogP contribution in [-0.2, 0) is 0 Å². The first kappa shape index (κ1) is 13.5. The highest BCUT2D eigenvalue weighted by Gasteiger charge is 2.15. The minimum absolute atomic E-state index is 0.103. The number of rotatable bonds is 2. The van der Waals surface area contributed by atoms with E-state index in [4.69, 9.17) is 0 Å². The minimum Gasteiger partial charge on any atom is -0.296 e. The number of aromatic nitrogens is 4. The Hall–Kier alpha value is -3.21. The van der Waals surface area contributed by atoms with E-state index in [0.29, 0.717) is 16.9 Å². The van der Waals surface area contributed by atoms with Crippen LogP contribution in [0.5, 0.6) is 0 Å². The van der Waals surface area contributed by atoms with Crippen LogP contribution < -0.4 is 5.56 Å². The second-order valence-electron chi connectivity index (χ2n) is 5.33. The van der Waals surface area contributed by atoms with Crippen LogP contribution in [-0.4, -0.2) is 19.6 Å². The van der Waals surface area contributed by atoms with Gasteiger partial charge in [-0.2, -0.15) is 0 Å². The van der Waals surface area contributed by atoms with Crippen molar-refractivity contribution in [2.45, 2.75) is 6.92 Å². The van der Waals surface area contributed by atoms with Crippen molar-refractivity contribution in [1.82, 2.24) is 19.6 Å². The Morgan fingerprint density at radius 3 is 2.57 bits per heavy atom. The molecule has 0 unspecified atom stereocenters. The molecule has 0 atom stereocenters. The second-order valence-corrected chi connectivity index (χ2v) is 5.33. The number of nitrogens with zero attached hydrogens (tertiary/aromatic N) is 3. The van der Waals surface area contributed by atoms with Crippen molar-refractivity contribution in [2.75, 3.05) is 0 Å². The lowest BCUT2D eigenvalue weighted by Gasteiger charge is -2.06. The van der Waals surface area contributed by atoms with Crippen molar-refractivity contribution in [1.29, 1.82) is 0 Å². The molecule has 0 spiro atoms. The van der Waals surface area contributed by atoms with E-state index in [1.54, 1.807) is 18.6 Å². The second kappa shape index (κ2) is 5.21. The summed E-state index contributed by atoms with van der Waals surface area (Å²) < 4.78 is 1.48. The molecule has 0 aliphatic carbocycles. The zero-order valence-corrected chi connectivity index (χ0v) is 12.5. The maximum Gasteiger partial charge on any atom is 0.280 e. The average Bonchev–Trinajstić information content (AvgIpc) is 3.00. The lowest BCUT2D eigenvalue weighted by atomic mass is 10.1. The van der Waals surface area contributed by atoms with Crippen molar-refractivity contribution in [2.24, 2.45) is 0 Å². The Kier molecular flexibility index (Phi) is 3.05. The Morgan fingerprint density at radius 2 is 1.83 bits per heavy atom. The Labute approximate surface area is 132 Å². The monoisotopic (exact) mass is 302 g/mol. The fourth-order valence-electron chi connectivity index (χ4n) is 2.79. The van der Waals surface area contributed by atoms with Gasteiger partial charge in [0.05, 0.1) is 11.3 Å². The molecule has 0 amide bonds. The average molecular weight is 302 g/mol. The van der Waals surface area contributed by atoms with Crippen LogP contribution in [0.15, 0.2) is 65.8 Å². The number of H-pyrrole nitrogens is 1. The summed E-state index contributed by atoms with van der Waals surface area (Å²) in [7, 11) is 0. The van der Waals surface area contributed by atoms with E-state index in [-0.39, 0.29) is 5.56 Å². The Bertz CT molecular complexity index is 1030. The molecular weight excluding hydrogens is 288 g/mol. The molecule has 1 N–H and O–H groups in total. The predicted octanol–water partition coefficient (Wildman–Crippen LogP) is 3.06. The van der Waals surface area contributed by atoms with Gasteiger partial charge in [0.1, 0.15) is 0 Å². The largest absolute Gasteiger partial charge is 0.296 e. The molecule has 4 aromatic rings. The summed E-state index contributed by atoms with van der Waals surface area (Å²) in [6.45, 7) is 1.86. The molecule has 0 saturated carbocycles. The predicted molar refractivity (Wildman–Crippen MR) is 89.2 cm³/mol. The van der Waals surface area contributed by atoms with Crippen LogP contribution in [0.4, 0.5) is 0 Å². The third-order valence-electron chi connectivity index (χ3n) is 3.88. The molecule has 0 bridgehead atoms. The number of nitrogens with one attached hydrogen (secondary N) is 1. The molecule has 5 nitrogen and oxygen atoms in total. The van der Waals surface area contributed by atoms with Gasteiger partial charge in [0.2, 0.25) is 0 Å². The normalized spacial score (nSPS) is 11.0. The highest BCUT2D eigenvalue weighted by molar-refractivity contribution is 5.78. The van der Waals surface area contributed by atoms with Crippen LogP contribution >= 0.6 is 0 Å². The fraction of sp³-hybridized carbons (Fsp3) is 0.0556. The van der Waals surface area contributed by atoms with Gasteiger partial charge in [-0.15, -0.1) is 0 Å². The third kappa shape index (κ3) is 2.14. The summed E-state index contributed by atoms with van der Waals surface area (Å²) in [5.74, 6) is 0. The summed E-state index contributed by atoms with van der Waals surface area (Å²) in [6, 6.07) is 13.4. The van der Waals surface area contributed by atoms with Crippen LogP contribution in [0.25, 0.3) is 27.9 Å². The first-order chi connectivity index (χ1) is 11.3. The molecule has 4 rings (SSSR count). The first-order valence-electron chi connectivity index (χ1n) is 7.32. The van der Waals surface area contributed by atoms with E-state index in [0.717, 1.165) is 16.7 Å². The number of hydrogen-bond acceptors (Lipinski definition) is 3. The minimum atomic E-state index is -0.103. The van der Waals surface area contributed by atoms with Crippen molar-refractivity contribution >= 4 is 5.65 Å². The number of benzene rings is 1.